The summed E-state index contributed by atoms with van der Waals surface area (Å²) in [7, 11) is 0. The van der Waals surface area contributed by atoms with E-state index in [2.05, 4.69) is 53.8 Å². The zero-order valence-electron chi connectivity index (χ0n) is 9.55. The number of hydrogen-bond acceptors (Lipinski definition) is 3. The first-order valence-electron chi connectivity index (χ1n) is 5.46. The normalized spacial score (nSPS) is 14.6. The van der Waals surface area contributed by atoms with Crippen molar-refractivity contribution in [1.29, 1.82) is 0 Å². The van der Waals surface area contributed by atoms with E-state index in [0.29, 0.717) is 12.1 Å². The highest BCUT2D eigenvalue weighted by Crippen LogP contribution is 2.18. The Hall–Kier alpha value is -1.19. The molecule has 0 fully saturated rings. The first-order valence-corrected chi connectivity index (χ1v) is 6.40. The van der Waals surface area contributed by atoms with E-state index < -0.39 is 0 Å². The van der Waals surface area contributed by atoms with E-state index in [-0.39, 0.29) is 0 Å². The minimum Gasteiger partial charge on any atom is -0.302 e. The van der Waals surface area contributed by atoms with Crippen LogP contribution in [0.15, 0.2) is 41.2 Å². The van der Waals surface area contributed by atoms with Crippen molar-refractivity contribution >= 4 is 11.3 Å². The molecule has 0 amide bonds. The van der Waals surface area contributed by atoms with Crippen LogP contribution >= 0.6 is 11.3 Å². The molecule has 0 aliphatic carbocycles. The van der Waals surface area contributed by atoms with Crippen LogP contribution < -0.4 is 5.32 Å². The maximum Gasteiger partial charge on any atom is 0.0795 e. The summed E-state index contributed by atoms with van der Waals surface area (Å²) in [5.74, 6) is 0. The van der Waals surface area contributed by atoms with Gasteiger partial charge in [0.05, 0.1) is 11.2 Å². The first-order chi connectivity index (χ1) is 7.77. The maximum atomic E-state index is 4.32. The highest BCUT2D eigenvalue weighted by atomic mass is 32.1. The molecule has 0 saturated heterocycles. The van der Waals surface area contributed by atoms with Gasteiger partial charge >= 0.3 is 0 Å². The van der Waals surface area contributed by atoms with E-state index in [1.165, 1.54) is 5.56 Å². The van der Waals surface area contributed by atoms with E-state index in [1.807, 2.05) is 11.6 Å². The molecule has 3 heteroatoms. The lowest BCUT2D eigenvalue weighted by Gasteiger charge is -2.18. The number of aromatic nitrogens is 1. The Kier molecular flexibility index (Phi) is 3.70. The van der Waals surface area contributed by atoms with Crippen molar-refractivity contribution in [2.75, 3.05) is 0 Å². The van der Waals surface area contributed by atoms with E-state index in [1.54, 1.807) is 11.3 Å². The summed E-state index contributed by atoms with van der Waals surface area (Å²) >= 11 is 1.64. The Morgan fingerprint density at radius 3 is 2.50 bits per heavy atom. The second kappa shape index (κ2) is 5.23. The van der Waals surface area contributed by atoms with Gasteiger partial charge in [0.2, 0.25) is 0 Å². The van der Waals surface area contributed by atoms with E-state index in [9.17, 15) is 0 Å². The molecule has 1 N–H and O–H groups in total. The highest BCUT2D eigenvalue weighted by molar-refractivity contribution is 7.07. The van der Waals surface area contributed by atoms with Crippen LogP contribution in [-0.4, -0.2) is 4.98 Å². The average Bonchev–Trinajstić information content (AvgIpc) is 2.83. The van der Waals surface area contributed by atoms with Crippen LogP contribution in [-0.2, 0) is 0 Å². The Bertz CT molecular complexity index is 411. The number of thiazole rings is 1. The molecule has 0 spiro atoms. The van der Waals surface area contributed by atoms with Gasteiger partial charge in [-0.3, -0.25) is 0 Å². The predicted molar refractivity (Wildman–Crippen MR) is 68.5 cm³/mol. The molecule has 2 aromatic rings. The fraction of sp³-hybridized carbons (Fsp3) is 0.308. The van der Waals surface area contributed by atoms with Gasteiger partial charge in [-0.2, -0.15) is 0 Å². The van der Waals surface area contributed by atoms with Crippen LogP contribution in [0.2, 0.25) is 0 Å². The van der Waals surface area contributed by atoms with Crippen molar-refractivity contribution in [2.24, 2.45) is 0 Å². The summed E-state index contributed by atoms with van der Waals surface area (Å²) in [6.07, 6.45) is 0. The van der Waals surface area contributed by atoms with Crippen molar-refractivity contribution in [3.05, 3.63) is 52.5 Å². The zero-order chi connectivity index (χ0) is 11.4. The van der Waals surface area contributed by atoms with E-state index >= 15 is 0 Å². The quantitative estimate of drug-likeness (QED) is 0.872. The van der Waals surface area contributed by atoms with E-state index in [0.717, 1.165) is 5.69 Å². The molecule has 1 aromatic carbocycles. The molecule has 0 bridgehead atoms. The van der Waals surface area contributed by atoms with Crippen molar-refractivity contribution < 1.29 is 0 Å². The van der Waals surface area contributed by atoms with E-state index in [4.69, 9.17) is 0 Å². The van der Waals surface area contributed by atoms with Crippen LogP contribution in [0.3, 0.4) is 0 Å². The van der Waals surface area contributed by atoms with Crippen LogP contribution in [0, 0.1) is 0 Å². The lowest BCUT2D eigenvalue weighted by atomic mass is 10.1. The van der Waals surface area contributed by atoms with Gasteiger partial charge in [-0.1, -0.05) is 30.3 Å². The second-order valence-corrected chi connectivity index (χ2v) is 4.65. The van der Waals surface area contributed by atoms with Crippen molar-refractivity contribution in [3.63, 3.8) is 0 Å². The molecule has 0 saturated carbocycles. The summed E-state index contributed by atoms with van der Waals surface area (Å²) in [4.78, 5) is 4.32. The average molecular weight is 232 g/mol. The molecule has 0 radical (unpaired) electrons. The number of benzene rings is 1. The summed E-state index contributed by atoms with van der Waals surface area (Å²) in [5, 5.41) is 5.64. The highest BCUT2D eigenvalue weighted by Gasteiger charge is 2.11. The summed E-state index contributed by atoms with van der Waals surface area (Å²) in [6.45, 7) is 4.33. The monoisotopic (exact) mass is 232 g/mol. The Balaban J connectivity index is 2.00. The van der Waals surface area contributed by atoms with Crippen LogP contribution in [0.4, 0.5) is 0 Å². The predicted octanol–water partition coefficient (Wildman–Crippen LogP) is 3.55. The third-order valence-corrected chi connectivity index (χ3v) is 3.30. The molecule has 0 aliphatic heterocycles. The molecule has 84 valence electrons. The number of nitrogens with one attached hydrogen (secondary N) is 1. The summed E-state index contributed by atoms with van der Waals surface area (Å²) in [6, 6.07) is 11.1. The topological polar surface area (TPSA) is 24.9 Å². The SMILES string of the molecule is CC(N[C@H](C)c1ccccc1)c1cscn1. The molecule has 1 unspecified atom stereocenters. The first kappa shape index (κ1) is 11.3. The molecule has 16 heavy (non-hydrogen) atoms. The van der Waals surface area contributed by atoms with Gasteiger partial charge in [0.25, 0.3) is 0 Å². The van der Waals surface area contributed by atoms with Crippen molar-refractivity contribution in [1.82, 2.24) is 10.3 Å². The Morgan fingerprint density at radius 2 is 1.88 bits per heavy atom. The fourth-order valence-electron chi connectivity index (χ4n) is 1.73. The van der Waals surface area contributed by atoms with Gasteiger partial charge in [0, 0.05) is 17.5 Å². The smallest absolute Gasteiger partial charge is 0.0795 e. The van der Waals surface area contributed by atoms with Gasteiger partial charge in [0.15, 0.2) is 0 Å². The van der Waals surface area contributed by atoms with Crippen molar-refractivity contribution in [2.45, 2.75) is 25.9 Å². The van der Waals surface area contributed by atoms with Crippen LogP contribution in [0.5, 0.6) is 0 Å². The van der Waals surface area contributed by atoms with Crippen molar-refractivity contribution in [3.8, 4) is 0 Å². The second-order valence-electron chi connectivity index (χ2n) is 3.93. The summed E-state index contributed by atoms with van der Waals surface area (Å²) < 4.78 is 0. The molecule has 0 aliphatic rings. The molecule has 2 atom stereocenters. The molecule has 1 aromatic heterocycles. The lowest BCUT2D eigenvalue weighted by molar-refractivity contribution is 0.488. The van der Waals surface area contributed by atoms with Gasteiger partial charge < -0.3 is 5.32 Å². The van der Waals surface area contributed by atoms with Crippen LogP contribution in [0.1, 0.15) is 37.2 Å². The number of nitrogens with zero attached hydrogens (tertiary/aromatic N) is 1. The van der Waals surface area contributed by atoms with Crippen LogP contribution in [0.25, 0.3) is 0 Å². The Morgan fingerprint density at radius 1 is 1.12 bits per heavy atom. The largest absolute Gasteiger partial charge is 0.302 e. The van der Waals surface area contributed by atoms with Gasteiger partial charge in [-0.05, 0) is 19.4 Å². The molecular formula is C13H16N2S. The lowest BCUT2D eigenvalue weighted by Crippen LogP contribution is -2.22. The maximum absolute atomic E-state index is 4.32. The standard InChI is InChI=1S/C13H16N2S/c1-10(12-6-4-3-5-7-12)15-11(2)13-8-16-9-14-13/h3-11,15H,1-2H3/t10-,11?/m1/s1. The third kappa shape index (κ3) is 2.68. The van der Waals surface area contributed by atoms with Gasteiger partial charge in [0.1, 0.15) is 0 Å². The minimum absolute atomic E-state index is 0.293. The number of rotatable bonds is 4. The third-order valence-electron chi connectivity index (χ3n) is 2.69. The fourth-order valence-corrected chi connectivity index (χ4v) is 2.38. The van der Waals surface area contributed by atoms with Gasteiger partial charge in [-0.15, -0.1) is 11.3 Å². The molecule has 1 heterocycles. The molecular weight excluding hydrogens is 216 g/mol. The van der Waals surface area contributed by atoms with Gasteiger partial charge in [-0.25, -0.2) is 4.98 Å². The summed E-state index contributed by atoms with van der Waals surface area (Å²) in [5.41, 5.74) is 4.30. The number of hydrogen-bond donors (Lipinski definition) is 1. The Labute approximate surface area is 100 Å². The minimum atomic E-state index is 0.293. The molecule has 2 rings (SSSR count). The molecule has 2 nitrogen and oxygen atoms in total. The zero-order valence-corrected chi connectivity index (χ0v) is 10.4.